The second kappa shape index (κ2) is 32.9. The standard InChI is InChI=1S/C36H70N2S5/c1-5-7-9-11-13-15-17-19-21-23-25-27-29-31-33(3)40-42-35-37-38-36(39-35)43-41-34(4)32-30-28-26-24-22-20-18-16-14-12-10-8-6-2/h33-34H,5-32H2,1-4H3. The molecule has 0 amide bonds. The van der Waals surface area contributed by atoms with Crippen molar-refractivity contribution in [3.8, 4) is 0 Å². The Labute approximate surface area is 289 Å². The lowest BCUT2D eigenvalue weighted by Gasteiger charge is -2.09. The topological polar surface area (TPSA) is 25.8 Å². The van der Waals surface area contributed by atoms with E-state index in [9.17, 15) is 0 Å². The fraction of sp³-hybridized carbons (Fsp3) is 0.944. The molecule has 1 aromatic heterocycles. The smallest absolute Gasteiger partial charge is 0.130 e. The van der Waals surface area contributed by atoms with Gasteiger partial charge in [0.15, 0.2) is 8.68 Å². The highest BCUT2D eigenvalue weighted by Gasteiger charge is 2.11. The van der Waals surface area contributed by atoms with E-state index >= 15 is 0 Å². The highest BCUT2D eigenvalue weighted by atomic mass is 33.1. The SMILES string of the molecule is CCCCCCCCCCCCCCCC(C)SSc1nnc(SSC(C)CCCCCCCCCCCCCCC)s1. The van der Waals surface area contributed by atoms with Gasteiger partial charge in [0.2, 0.25) is 0 Å². The van der Waals surface area contributed by atoms with Crippen molar-refractivity contribution in [2.75, 3.05) is 0 Å². The molecule has 43 heavy (non-hydrogen) atoms. The number of rotatable bonds is 34. The van der Waals surface area contributed by atoms with E-state index in [1.165, 1.54) is 180 Å². The van der Waals surface area contributed by atoms with Gasteiger partial charge in [-0.2, -0.15) is 0 Å². The van der Waals surface area contributed by atoms with Crippen molar-refractivity contribution >= 4 is 54.5 Å². The van der Waals surface area contributed by atoms with Crippen LogP contribution in [-0.2, 0) is 0 Å². The summed E-state index contributed by atoms with van der Waals surface area (Å²) in [4.78, 5) is 0. The summed E-state index contributed by atoms with van der Waals surface area (Å²) in [6.07, 6.45) is 39.9. The molecule has 2 atom stereocenters. The minimum Gasteiger partial charge on any atom is -0.130 e. The Kier molecular flexibility index (Phi) is 32.1. The van der Waals surface area contributed by atoms with Crippen LogP contribution in [0.2, 0.25) is 0 Å². The molecular formula is C36H70N2S5. The van der Waals surface area contributed by atoms with Crippen LogP contribution < -0.4 is 0 Å². The molecular weight excluding hydrogens is 621 g/mol. The van der Waals surface area contributed by atoms with Gasteiger partial charge in [0.05, 0.1) is 0 Å². The van der Waals surface area contributed by atoms with E-state index < -0.39 is 0 Å². The Morgan fingerprint density at radius 3 is 0.953 bits per heavy atom. The second-order valence-corrected chi connectivity index (χ2v) is 19.6. The molecule has 0 saturated carbocycles. The van der Waals surface area contributed by atoms with E-state index in [2.05, 4.69) is 37.9 Å². The maximum Gasteiger partial charge on any atom is 0.185 e. The number of hydrogen-bond acceptors (Lipinski definition) is 7. The summed E-state index contributed by atoms with van der Waals surface area (Å²) in [7, 11) is 7.65. The Morgan fingerprint density at radius 1 is 0.419 bits per heavy atom. The van der Waals surface area contributed by atoms with Gasteiger partial charge in [-0.3, -0.25) is 0 Å². The van der Waals surface area contributed by atoms with Gasteiger partial charge >= 0.3 is 0 Å². The molecule has 0 saturated heterocycles. The first-order valence-corrected chi connectivity index (χ1v) is 23.9. The lowest BCUT2D eigenvalue weighted by Crippen LogP contribution is -1.93. The number of aromatic nitrogens is 2. The monoisotopic (exact) mass is 690 g/mol. The Balaban J connectivity index is 1.90. The average Bonchev–Trinajstić information content (AvgIpc) is 3.47. The minimum atomic E-state index is 0.687. The van der Waals surface area contributed by atoms with Gasteiger partial charge < -0.3 is 0 Å². The maximum absolute atomic E-state index is 4.45. The van der Waals surface area contributed by atoms with E-state index in [-0.39, 0.29) is 0 Å². The molecule has 0 aliphatic rings. The number of unbranched alkanes of at least 4 members (excludes halogenated alkanes) is 24. The highest BCUT2D eigenvalue weighted by molar-refractivity contribution is 8.78. The summed E-state index contributed by atoms with van der Waals surface area (Å²) in [6.45, 7) is 9.36. The average molecular weight is 691 g/mol. The molecule has 2 nitrogen and oxygen atoms in total. The van der Waals surface area contributed by atoms with Gasteiger partial charge in [-0.1, -0.05) is 228 Å². The van der Waals surface area contributed by atoms with Crippen molar-refractivity contribution in [3.63, 3.8) is 0 Å². The molecule has 0 aromatic carbocycles. The van der Waals surface area contributed by atoms with Crippen molar-refractivity contribution in [1.82, 2.24) is 10.2 Å². The third kappa shape index (κ3) is 28.9. The Bertz CT molecular complexity index is 632. The van der Waals surface area contributed by atoms with Crippen LogP contribution in [0.15, 0.2) is 8.68 Å². The fourth-order valence-electron chi connectivity index (χ4n) is 5.51. The van der Waals surface area contributed by atoms with Crippen LogP contribution >= 0.6 is 54.5 Å². The van der Waals surface area contributed by atoms with E-state index in [1.54, 1.807) is 11.3 Å². The molecule has 0 aliphatic heterocycles. The third-order valence-corrected chi connectivity index (χ3v) is 15.8. The van der Waals surface area contributed by atoms with Crippen molar-refractivity contribution in [1.29, 1.82) is 0 Å². The Hall–Kier alpha value is 0.960. The lowest BCUT2D eigenvalue weighted by molar-refractivity contribution is 0.535. The van der Waals surface area contributed by atoms with Gasteiger partial charge in [-0.25, -0.2) is 0 Å². The maximum atomic E-state index is 4.45. The zero-order chi connectivity index (χ0) is 31.1. The summed E-state index contributed by atoms with van der Waals surface area (Å²) >= 11 is 1.77. The zero-order valence-corrected chi connectivity index (χ0v) is 33.0. The molecule has 0 aliphatic carbocycles. The number of hydrogen-bond donors (Lipinski definition) is 0. The minimum absolute atomic E-state index is 0.687. The van der Waals surface area contributed by atoms with Gasteiger partial charge in [-0.15, -0.1) is 10.2 Å². The summed E-state index contributed by atoms with van der Waals surface area (Å²) in [5.41, 5.74) is 0. The molecule has 1 rings (SSSR count). The summed E-state index contributed by atoms with van der Waals surface area (Å²) in [5.74, 6) is 0. The molecule has 7 heteroatoms. The van der Waals surface area contributed by atoms with Crippen LogP contribution in [0, 0.1) is 0 Å². The first-order valence-electron chi connectivity index (χ1n) is 18.7. The quantitative estimate of drug-likeness (QED) is 0.0527. The van der Waals surface area contributed by atoms with Crippen LogP contribution in [-0.4, -0.2) is 20.7 Å². The van der Waals surface area contributed by atoms with Crippen molar-refractivity contribution < 1.29 is 0 Å². The molecule has 0 radical (unpaired) electrons. The van der Waals surface area contributed by atoms with Crippen molar-refractivity contribution in [2.24, 2.45) is 0 Å². The molecule has 1 heterocycles. The predicted octanol–water partition coefficient (Wildman–Crippen LogP) is 15.8. The van der Waals surface area contributed by atoms with Crippen LogP contribution in [0.25, 0.3) is 0 Å². The summed E-state index contributed by atoms with van der Waals surface area (Å²) < 4.78 is 2.24. The third-order valence-electron chi connectivity index (χ3n) is 8.38. The predicted molar refractivity (Wildman–Crippen MR) is 206 cm³/mol. The second-order valence-electron chi connectivity index (χ2n) is 12.9. The van der Waals surface area contributed by atoms with Crippen LogP contribution in [0.4, 0.5) is 0 Å². The first kappa shape index (κ1) is 42.0. The van der Waals surface area contributed by atoms with Crippen LogP contribution in [0.5, 0.6) is 0 Å². The van der Waals surface area contributed by atoms with Gasteiger partial charge in [0.1, 0.15) is 0 Å². The van der Waals surface area contributed by atoms with Crippen LogP contribution in [0.1, 0.15) is 207 Å². The first-order chi connectivity index (χ1) is 21.2. The zero-order valence-electron chi connectivity index (χ0n) is 28.9. The largest absolute Gasteiger partial charge is 0.185 e. The van der Waals surface area contributed by atoms with Crippen LogP contribution in [0.3, 0.4) is 0 Å². The highest BCUT2D eigenvalue weighted by Crippen LogP contribution is 2.43. The molecule has 254 valence electrons. The van der Waals surface area contributed by atoms with Gasteiger partial charge in [0, 0.05) is 10.5 Å². The van der Waals surface area contributed by atoms with Crippen molar-refractivity contribution in [2.45, 2.75) is 227 Å². The molecule has 1 aromatic rings. The van der Waals surface area contributed by atoms with Gasteiger partial charge in [0.25, 0.3) is 0 Å². The molecule has 0 bridgehead atoms. The number of nitrogens with zero attached hydrogens (tertiary/aromatic N) is 2. The van der Waals surface area contributed by atoms with Crippen molar-refractivity contribution in [3.05, 3.63) is 0 Å². The molecule has 0 fully saturated rings. The molecule has 0 N–H and O–H groups in total. The Morgan fingerprint density at radius 2 is 0.674 bits per heavy atom. The summed E-state index contributed by atoms with van der Waals surface area (Å²) in [6, 6.07) is 0. The lowest BCUT2D eigenvalue weighted by atomic mass is 10.0. The summed E-state index contributed by atoms with van der Waals surface area (Å²) in [5, 5.41) is 10.3. The normalized spacial score (nSPS) is 13.1. The van der Waals surface area contributed by atoms with E-state index in [4.69, 9.17) is 0 Å². The fourth-order valence-corrected chi connectivity index (χ4v) is 11.5. The van der Waals surface area contributed by atoms with E-state index in [0.717, 1.165) is 8.68 Å². The van der Waals surface area contributed by atoms with E-state index in [0.29, 0.717) is 10.5 Å². The molecule has 2 unspecified atom stereocenters. The van der Waals surface area contributed by atoms with E-state index in [1.807, 2.05) is 43.2 Å². The molecule has 0 spiro atoms. The van der Waals surface area contributed by atoms with Gasteiger partial charge in [-0.05, 0) is 34.4 Å².